The molecule has 0 aliphatic carbocycles. The summed E-state index contributed by atoms with van der Waals surface area (Å²) in [5.41, 5.74) is 4.31. The zero-order chi connectivity index (χ0) is 37.7. The summed E-state index contributed by atoms with van der Waals surface area (Å²) < 4.78 is 65.5. The predicted molar refractivity (Wildman–Crippen MR) is 177 cm³/mol. The van der Waals surface area contributed by atoms with E-state index in [9.17, 15) is 32.3 Å². The number of benzene rings is 2. The summed E-state index contributed by atoms with van der Waals surface area (Å²) in [7, 11) is 0. The number of amides is 1. The van der Waals surface area contributed by atoms with Gasteiger partial charge in [0, 0.05) is 30.1 Å². The molecule has 3 N–H and O–H groups in total. The highest BCUT2D eigenvalue weighted by Crippen LogP contribution is 2.33. The predicted octanol–water partition coefficient (Wildman–Crippen LogP) is 5.91. The van der Waals surface area contributed by atoms with Crippen molar-refractivity contribution in [2.45, 2.75) is 90.9 Å². The largest absolute Gasteiger partial charge is 0.485 e. The van der Waals surface area contributed by atoms with Crippen molar-refractivity contribution in [2.75, 3.05) is 25.1 Å². The molecule has 1 aliphatic heterocycles. The van der Waals surface area contributed by atoms with Crippen LogP contribution in [0, 0.1) is 29.2 Å². The van der Waals surface area contributed by atoms with E-state index >= 15 is 0 Å². The molecule has 2 aromatic rings. The van der Waals surface area contributed by atoms with E-state index in [4.69, 9.17) is 30.7 Å². The number of hydrazine groups is 1. The Labute approximate surface area is 289 Å². The molecule has 2 unspecified atom stereocenters. The number of anilines is 1. The Morgan fingerprint density at radius 1 is 1.04 bits per heavy atom. The van der Waals surface area contributed by atoms with Gasteiger partial charge in [-0.3, -0.25) is 9.59 Å². The molecule has 0 aromatic heterocycles. The third-order valence-corrected chi connectivity index (χ3v) is 7.24. The van der Waals surface area contributed by atoms with Gasteiger partial charge in [-0.15, -0.1) is 0 Å². The molecule has 49 heavy (non-hydrogen) atoms. The van der Waals surface area contributed by atoms with Gasteiger partial charge in [-0.1, -0.05) is 32.4 Å². The molecule has 1 fully saturated rings. The van der Waals surface area contributed by atoms with E-state index in [0.29, 0.717) is 31.0 Å². The molecule has 1 heterocycles. The molecule has 0 spiro atoms. The zero-order valence-electron chi connectivity index (χ0n) is 28.8. The molecule has 10 nitrogen and oxygen atoms in total. The van der Waals surface area contributed by atoms with Gasteiger partial charge < -0.3 is 34.9 Å². The molecule has 2 atom stereocenters. The van der Waals surface area contributed by atoms with Gasteiger partial charge in [-0.25, -0.2) is 13.8 Å². The minimum Gasteiger partial charge on any atom is -0.485 e. The molecule has 1 aliphatic rings. The molecule has 0 bridgehead atoms. The SMILES string of the molecule is C=O.CC(C)(C)OC(=O)CC(NC(=O)C1CCN(Nc2ccc(Cl)cc2C(C)(C)C)CC1)C(O)COc1c(F)c(F)cc(F)c1F.CC=O. The van der Waals surface area contributed by atoms with Crippen LogP contribution in [-0.2, 0) is 29.3 Å². The molecular formula is C34H46ClF4N3O7. The Bertz CT molecular complexity index is 1390. The van der Waals surface area contributed by atoms with Gasteiger partial charge in [0.25, 0.3) is 0 Å². The maximum Gasteiger partial charge on any atom is 0.308 e. The standard InChI is InChI=1S/C31H40ClF4N3O5.C2H4O.CH2O/c1-30(2,3)19-13-18(32)7-8-22(19)38-39-11-9-17(10-12-39)29(42)37-23(15-25(41)44-31(4,5)6)24(40)16-43-28-26(35)20(33)14-21(34)27(28)36;1-2-3;1-2/h7-8,13-14,17,23-24,38,40H,9-12,15-16H2,1-6H3,(H,37,42);2H,1H3;1H2. The lowest BCUT2D eigenvalue weighted by atomic mass is 9.86. The molecule has 274 valence electrons. The number of carbonyl (C=O) groups excluding carboxylic acids is 4. The van der Waals surface area contributed by atoms with E-state index in [1.54, 1.807) is 26.8 Å². The number of carbonyl (C=O) groups is 4. The fourth-order valence-electron chi connectivity index (χ4n) is 4.77. The van der Waals surface area contributed by atoms with E-state index < -0.39 is 77.6 Å². The minimum absolute atomic E-state index is 0.0271. The zero-order valence-corrected chi connectivity index (χ0v) is 29.6. The third-order valence-electron chi connectivity index (χ3n) is 7.00. The maximum atomic E-state index is 14.1. The van der Waals surface area contributed by atoms with Crippen LogP contribution >= 0.6 is 11.6 Å². The van der Waals surface area contributed by atoms with Crippen LogP contribution in [0.25, 0.3) is 0 Å². The lowest BCUT2D eigenvalue weighted by Crippen LogP contribution is -2.51. The summed E-state index contributed by atoms with van der Waals surface area (Å²) in [4.78, 5) is 42.6. The maximum absolute atomic E-state index is 14.1. The number of aldehydes is 1. The summed E-state index contributed by atoms with van der Waals surface area (Å²) >= 11 is 6.22. The second kappa shape index (κ2) is 19.4. The first-order chi connectivity index (χ1) is 22.8. The van der Waals surface area contributed by atoms with Crippen molar-refractivity contribution < 1.29 is 51.3 Å². The average molecular weight is 720 g/mol. The summed E-state index contributed by atoms with van der Waals surface area (Å²) in [6.45, 7) is 14.7. The number of nitrogens with one attached hydrogen (secondary N) is 2. The first-order valence-corrected chi connectivity index (χ1v) is 15.8. The van der Waals surface area contributed by atoms with Crippen molar-refractivity contribution in [3.8, 4) is 5.75 Å². The van der Waals surface area contributed by atoms with Gasteiger partial charge in [0.05, 0.1) is 18.2 Å². The number of rotatable bonds is 10. The molecular weight excluding hydrogens is 674 g/mol. The van der Waals surface area contributed by atoms with Crippen LogP contribution in [-0.4, -0.2) is 72.5 Å². The lowest BCUT2D eigenvalue weighted by molar-refractivity contribution is -0.156. The average Bonchev–Trinajstić information content (AvgIpc) is 3.00. The highest BCUT2D eigenvalue weighted by atomic mass is 35.5. The summed E-state index contributed by atoms with van der Waals surface area (Å²) in [5.74, 6) is -9.96. The number of piperidine rings is 1. The molecule has 15 heteroatoms. The van der Waals surface area contributed by atoms with Crippen LogP contribution in [0.4, 0.5) is 23.2 Å². The fraction of sp³-hybridized carbons (Fsp3) is 0.529. The van der Waals surface area contributed by atoms with Crippen molar-refractivity contribution in [2.24, 2.45) is 5.92 Å². The van der Waals surface area contributed by atoms with Crippen LogP contribution in [0.1, 0.15) is 73.3 Å². The highest BCUT2D eigenvalue weighted by Gasteiger charge is 2.33. The Kier molecular flexibility index (Phi) is 17.2. The molecule has 2 aromatic carbocycles. The molecule has 0 radical (unpaired) electrons. The second-order valence-corrected chi connectivity index (χ2v) is 13.6. The van der Waals surface area contributed by atoms with Gasteiger partial charge in [0.2, 0.25) is 17.5 Å². The van der Waals surface area contributed by atoms with Crippen molar-refractivity contribution in [1.82, 2.24) is 10.3 Å². The Hall–Kier alpha value is -3.75. The second-order valence-electron chi connectivity index (χ2n) is 13.1. The van der Waals surface area contributed by atoms with E-state index in [2.05, 4.69) is 31.5 Å². The number of hydrogen-bond acceptors (Lipinski definition) is 9. The van der Waals surface area contributed by atoms with Crippen molar-refractivity contribution in [1.29, 1.82) is 0 Å². The summed E-state index contributed by atoms with van der Waals surface area (Å²) in [6, 6.07) is 4.35. The minimum atomic E-state index is -1.78. The Morgan fingerprint density at radius 2 is 1.57 bits per heavy atom. The van der Waals surface area contributed by atoms with Crippen LogP contribution in [0.15, 0.2) is 24.3 Å². The van der Waals surface area contributed by atoms with E-state index in [0.717, 1.165) is 17.5 Å². The first kappa shape index (κ1) is 43.3. The molecule has 1 amide bonds. The van der Waals surface area contributed by atoms with Gasteiger partial charge in [-0.2, -0.15) is 8.78 Å². The Morgan fingerprint density at radius 3 is 2.06 bits per heavy atom. The normalized spacial score (nSPS) is 15.0. The van der Waals surface area contributed by atoms with Crippen molar-refractivity contribution in [3.05, 3.63) is 58.1 Å². The first-order valence-electron chi connectivity index (χ1n) is 15.4. The van der Waals surface area contributed by atoms with E-state index in [1.165, 1.54) is 6.92 Å². The van der Waals surface area contributed by atoms with Gasteiger partial charge in [0.1, 0.15) is 31.4 Å². The summed E-state index contributed by atoms with van der Waals surface area (Å²) in [6.07, 6.45) is -0.550. The van der Waals surface area contributed by atoms with Gasteiger partial charge >= 0.3 is 5.97 Å². The Balaban J connectivity index is 0.00000227. The third kappa shape index (κ3) is 13.9. The van der Waals surface area contributed by atoms with Crippen LogP contribution in [0.3, 0.4) is 0 Å². The number of nitrogens with zero attached hydrogens (tertiary/aromatic N) is 1. The topological polar surface area (TPSA) is 134 Å². The van der Waals surface area contributed by atoms with Crippen LogP contribution in [0.5, 0.6) is 5.75 Å². The smallest absolute Gasteiger partial charge is 0.308 e. The van der Waals surface area contributed by atoms with E-state index in [-0.39, 0.29) is 11.5 Å². The van der Waals surface area contributed by atoms with Crippen LogP contribution in [0.2, 0.25) is 5.02 Å². The van der Waals surface area contributed by atoms with Gasteiger partial charge in [0.15, 0.2) is 17.4 Å². The van der Waals surface area contributed by atoms with Crippen LogP contribution < -0.4 is 15.5 Å². The highest BCUT2D eigenvalue weighted by molar-refractivity contribution is 6.30. The molecule has 0 saturated carbocycles. The number of esters is 1. The number of hydrogen-bond donors (Lipinski definition) is 3. The molecule has 3 rings (SSSR count). The number of halogens is 5. The van der Waals surface area contributed by atoms with Crippen molar-refractivity contribution in [3.63, 3.8) is 0 Å². The van der Waals surface area contributed by atoms with E-state index in [1.807, 2.05) is 23.9 Å². The number of aliphatic hydroxyl groups excluding tert-OH is 1. The number of ether oxygens (including phenoxy) is 2. The molecule has 1 saturated heterocycles. The fourth-order valence-corrected chi connectivity index (χ4v) is 4.94. The number of aliphatic hydroxyl groups is 1. The van der Waals surface area contributed by atoms with Gasteiger partial charge in [-0.05, 0) is 69.7 Å². The lowest BCUT2D eigenvalue weighted by Gasteiger charge is -2.35. The van der Waals surface area contributed by atoms with Crippen molar-refractivity contribution >= 4 is 42.2 Å². The monoisotopic (exact) mass is 719 g/mol. The summed E-state index contributed by atoms with van der Waals surface area (Å²) in [5, 5.41) is 16.0. The quantitative estimate of drug-likeness (QED) is 0.119.